The van der Waals surface area contributed by atoms with Gasteiger partial charge in [0.1, 0.15) is 22.6 Å². The van der Waals surface area contributed by atoms with Crippen LogP contribution in [0.15, 0.2) is 30.3 Å². The monoisotopic (exact) mass is 460 g/mol. The number of phenols is 2. The van der Waals surface area contributed by atoms with Crippen LogP contribution in [0, 0.1) is 6.92 Å². The van der Waals surface area contributed by atoms with Crippen LogP contribution < -0.4 is 0 Å². The van der Waals surface area contributed by atoms with E-state index in [1.165, 1.54) is 20.3 Å². The van der Waals surface area contributed by atoms with Crippen molar-refractivity contribution in [1.29, 1.82) is 0 Å². The van der Waals surface area contributed by atoms with Crippen molar-refractivity contribution in [2.75, 3.05) is 14.2 Å². The molecule has 33 heavy (non-hydrogen) atoms. The van der Waals surface area contributed by atoms with Gasteiger partial charge in [0.15, 0.2) is 0 Å². The highest BCUT2D eigenvalue weighted by Crippen LogP contribution is 2.31. The van der Waals surface area contributed by atoms with Crippen molar-refractivity contribution in [3.8, 4) is 11.5 Å². The summed E-state index contributed by atoms with van der Waals surface area (Å²) in [5.41, 5.74) is 2.99. The van der Waals surface area contributed by atoms with Gasteiger partial charge in [-0.2, -0.15) is 0 Å². The van der Waals surface area contributed by atoms with Gasteiger partial charge in [-0.25, -0.2) is 9.59 Å². The molecule has 0 saturated carbocycles. The molecule has 0 aliphatic heterocycles. The highest BCUT2D eigenvalue weighted by molar-refractivity contribution is 5.93. The minimum atomic E-state index is -0.515. The van der Waals surface area contributed by atoms with Crippen LogP contribution in [-0.2, 0) is 20.3 Å². The number of methoxy groups -OCH3 is 2. The molecule has 0 amide bonds. The van der Waals surface area contributed by atoms with Crippen molar-refractivity contribution in [2.24, 2.45) is 0 Å². The number of carbonyl (C=O) groups is 2. The van der Waals surface area contributed by atoms with Gasteiger partial charge in [0.05, 0.1) is 14.2 Å². The highest BCUT2D eigenvalue weighted by atomic mass is 16.5. The lowest BCUT2D eigenvalue weighted by Crippen LogP contribution is -2.13. The van der Waals surface area contributed by atoms with Crippen LogP contribution in [0.1, 0.15) is 92.8 Å². The Morgan fingerprint density at radius 3 is 1.58 bits per heavy atom. The molecule has 2 aromatic rings. The molecule has 6 nitrogen and oxygen atoms in total. The van der Waals surface area contributed by atoms with E-state index >= 15 is 0 Å². The van der Waals surface area contributed by atoms with Gasteiger partial charge in [-0.05, 0) is 52.6 Å². The standard InChI is InChI=1S/C13H18O3.C12H16O3.C2H6/c1-8-6-9(13(2,3)4)7-10(11(8)14)12(15)16-5;1-12(2,3)8-5-6-10(13)9(7-8)11(14)15-4;1-2/h6-7,14H,1-5H3;5-7,13H,1-4H3;1-2H3. The molecule has 2 rings (SSSR count). The Morgan fingerprint density at radius 1 is 0.727 bits per heavy atom. The van der Waals surface area contributed by atoms with Gasteiger partial charge in [0, 0.05) is 0 Å². The van der Waals surface area contributed by atoms with Crippen LogP contribution in [0.5, 0.6) is 11.5 Å². The summed E-state index contributed by atoms with van der Waals surface area (Å²) >= 11 is 0. The maximum absolute atomic E-state index is 11.5. The number of carbonyl (C=O) groups excluding carboxylic acids is 2. The molecule has 0 aromatic heterocycles. The lowest BCUT2D eigenvalue weighted by Gasteiger charge is -2.21. The number of esters is 2. The van der Waals surface area contributed by atoms with Crippen molar-refractivity contribution >= 4 is 11.9 Å². The molecule has 6 heteroatoms. The molecule has 0 atom stereocenters. The molecule has 0 spiro atoms. The maximum Gasteiger partial charge on any atom is 0.341 e. The van der Waals surface area contributed by atoms with E-state index in [0.29, 0.717) is 5.56 Å². The van der Waals surface area contributed by atoms with Crippen LogP contribution >= 0.6 is 0 Å². The molecule has 0 saturated heterocycles. The zero-order valence-corrected chi connectivity index (χ0v) is 21.9. The van der Waals surface area contributed by atoms with Gasteiger partial charge in [-0.3, -0.25) is 0 Å². The number of rotatable bonds is 2. The van der Waals surface area contributed by atoms with Crippen molar-refractivity contribution in [2.45, 2.75) is 73.1 Å². The lowest BCUT2D eigenvalue weighted by atomic mass is 9.85. The number of aryl methyl sites for hydroxylation is 1. The zero-order chi connectivity index (χ0) is 26.1. The quantitative estimate of drug-likeness (QED) is 0.512. The van der Waals surface area contributed by atoms with Gasteiger partial charge < -0.3 is 19.7 Å². The Labute approximate surface area is 198 Å². The molecule has 0 unspecified atom stereocenters. The van der Waals surface area contributed by atoms with Crippen molar-refractivity contribution in [1.82, 2.24) is 0 Å². The van der Waals surface area contributed by atoms with E-state index in [1.807, 2.05) is 46.8 Å². The second-order valence-electron chi connectivity index (χ2n) is 9.40. The summed E-state index contributed by atoms with van der Waals surface area (Å²) < 4.78 is 9.23. The molecule has 0 fully saturated rings. The number of hydrogen-bond donors (Lipinski definition) is 2. The Hall–Kier alpha value is -3.02. The average Bonchev–Trinajstić information content (AvgIpc) is 2.75. The smallest absolute Gasteiger partial charge is 0.341 e. The van der Waals surface area contributed by atoms with E-state index in [2.05, 4.69) is 30.2 Å². The third-order valence-corrected chi connectivity index (χ3v) is 4.84. The third-order valence-electron chi connectivity index (χ3n) is 4.84. The minimum Gasteiger partial charge on any atom is -0.507 e. The van der Waals surface area contributed by atoms with Crippen molar-refractivity contribution in [3.63, 3.8) is 0 Å². The fourth-order valence-electron chi connectivity index (χ4n) is 2.75. The Kier molecular flexibility index (Phi) is 11.2. The van der Waals surface area contributed by atoms with E-state index in [9.17, 15) is 19.8 Å². The molecule has 2 N–H and O–H groups in total. The summed E-state index contributed by atoms with van der Waals surface area (Å²) in [6.07, 6.45) is 0. The zero-order valence-electron chi connectivity index (χ0n) is 21.9. The molecular weight excluding hydrogens is 420 g/mol. The predicted octanol–water partition coefficient (Wildman–Crippen LogP) is 6.29. The van der Waals surface area contributed by atoms with E-state index in [4.69, 9.17) is 0 Å². The first-order chi connectivity index (χ1) is 15.1. The Balaban J connectivity index is 0.000000578. The maximum atomic E-state index is 11.5. The fourth-order valence-corrected chi connectivity index (χ4v) is 2.75. The van der Waals surface area contributed by atoms with Gasteiger partial charge in [-0.15, -0.1) is 0 Å². The van der Waals surface area contributed by atoms with Crippen molar-refractivity contribution in [3.05, 3.63) is 58.1 Å². The minimum absolute atomic E-state index is 0.000139. The predicted molar refractivity (Wildman–Crippen MR) is 132 cm³/mol. The number of ether oxygens (including phenoxy) is 2. The third kappa shape index (κ3) is 8.44. The summed E-state index contributed by atoms with van der Waals surface area (Å²) in [5, 5.41) is 19.3. The summed E-state index contributed by atoms with van der Waals surface area (Å²) in [7, 11) is 2.60. The van der Waals surface area contributed by atoms with Crippen LogP contribution in [0.25, 0.3) is 0 Å². The molecule has 0 heterocycles. The molecular formula is C27H40O6. The second-order valence-corrected chi connectivity index (χ2v) is 9.40. The van der Waals surface area contributed by atoms with Gasteiger partial charge >= 0.3 is 11.9 Å². The summed E-state index contributed by atoms with van der Waals surface area (Å²) in [6, 6.07) is 8.58. The molecule has 0 bridgehead atoms. The van der Waals surface area contributed by atoms with Crippen LogP contribution in [0.3, 0.4) is 0 Å². The number of hydrogen-bond acceptors (Lipinski definition) is 6. The van der Waals surface area contributed by atoms with E-state index in [1.54, 1.807) is 19.1 Å². The summed E-state index contributed by atoms with van der Waals surface area (Å²) in [6.45, 7) is 18.1. The molecule has 0 aliphatic rings. The molecule has 0 aliphatic carbocycles. The summed E-state index contributed by atoms with van der Waals surface area (Å²) in [5.74, 6) is -1.07. The molecule has 0 radical (unpaired) electrons. The van der Waals surface area contributed by atoms with Gasteiger partial charge in [-0.1, -0.05) is 67.5 Å². The van der Waals surface area contributed by atoms with Gasteiger partial charge in [0.25, 0.3) is 0 Å². The van der Waals surface area contributed by atoms with E-state index in [0.717, 1.165) is 11.1 Å². The van der Waals surface area contributed by atoms with Crippen molar-refractivity contribution < 1.29 is 29.3 Å². The number of phenolic OH excluding ortho intramolecular Hbond substituents is 2. The number of aromatic hydroxyl groups is 2. The highest BCUT2D eigenvalue weighted by Gasteiger charge is 2.21. The first-order valence-corrected chi connectivity index (χ1v) is 11.0. The molecule has 184 valence electrons. The SMILES string of the molecule is CC.COC(=O)c1cc(C(C)(C)C)cc(C)c1O.COC(=O)c1cc(C(C)(C)C)ccc1O. The average molecular weight is 461 g/mol. The fraction of sp³-hybridized carbons (Fsp3) is 0.481. The van der Waals surface area contributed by atoms with E-state index in [-0.39, 0.29) is 33.5 Å². The Bertz CT molecular complexity index is 946. The topological polar surface area (TPSA) is 93.1 Å². The second kappa shape index (κ2) is 12.3. The van der Waals surface area contributed by atoms with Crippen LogP contribution in [-0.4, -0.2) is 36.4 Å². The van der Waals surface area contributed by atoms with Crippen LogP contribution in [0.2, 0.25) is 0 Å². The van der Waals surface area contributed by atoms with E-state index < -0.39 is 11.9 Å². The molecule has 2 aromatic carbocycles. The largest absolute Gasteiger partial charge is 0.507 e. The number of benzene rings is 2. The Morgan fingerprint density at radius 2 is 1.15 bits per heavy atom. The van der Waals surface area contributed by atoms with Crippen LogP contribution in [0.4, 0.5) is 0 Å². The van der Waals surface area contributed by atoms with Gasteiger partial charge in [0.2, 0.25) is 0 Å². The first-order valence-electron chi connectivity index (χ1n) is 11.0. The normalized spacial score (nSPS) is 10.8. The lowest BCUT2D eigenvalue weighted by molar-refractivity contribution is 0.0587. The first kappa shape index (κ1) is 30.0. The summed E-state index contributed by atoms with van der Waals surface area (Å²) in [4.78, 5) is 22.8.